The summed E-state index contributed by atoms with van der Waals surface area (Å²) in [5, 5.41) is 23.4. The number of hydrogen-bond donors (Lipinski definition) is 4. The predicted molar refractivity (Wildman–Crippen MR) is 54.2 cm³/mol. The maximum Gasteiger partial charge on any atom is 0.232 e. The van der Waals surface area contributed by atoms with Crippen LogP contribution in [-0.4, -0.2) is 27.9 Å². The SMILES string of the molecule is NC(=NN=Cc1ccccc1)NN(O)O. The fraction of sp³-hybridized carbons (Fsp3) is 0. The Hall–Kier alpha value is -1.96. The zero-order valence-corrected chi connectivity index (χ0v) is 7.78. The molecule has 0 saturated carbocycles. The number of benzene rings is 1. The van der Waals surface area contributed by atoms with E-state index in [1.807, 2.05) is 35.8 Å². The fourth-order valence-electron chi connectivity index (χ4n) is 0.822. The van der Waals surface area contributed by atoms with Crippen molar-refractivity contribution in [3.05, 3.63) is 35.9 Å². The number of guanidine groups is 1. The van der Waals surface area contributed by atoms with Gasteiger partial charge in [0.2, 0.25) is 5.96 Å². The molecule has 0 amide bonds. The molecule has 0 unspecified atom stereocenters. The van der Waals surface area contributed by atoms with Gasteiger partial charge in [-0.05, 0) is 5.56 Å². The second-order valence-electron chi connectivity index (χ2n) is 2.54. The Balaban J connectivity index is 2.52. The molecular formula is C8H11N5O2. The summed E-state index contributed by atoms with van der Waals surface area (Å²) in [6.45, 7) is 0. The van der Waals surface area contributed by atoms with Gasteiger partial charge in [0.1, 0.15) is 0 Å². The fourth-order valence-corrected chi connectivity index (χ4v) is 0.822. The normalized spacial score (nSPS) is 12.3. The molecule has 0 radical (unpaired) electrons. The first kappa shape index (κ1) is 11.1. The number of hydrazine groups is 1. The first-order valence-corrected chi connectivity index (χ1v) is 4.04. The quantitative estimate of drug-likeness (QED) is 0.316. The highest BCUT2D eigenvalue weighted by atomic mass is 16.8. The number of hydrogen-bond acceptors (Lipinski definition) is 5. The molecule has 0 bridgehead atoms. The van der Waals surface area contributed by atoms with E-state index < -0.39 is 0 Å². The van der Waals surface area contributed by atoms with Crippen LogP contribution < -0.4 is 11.2 Å². The van der Waals surface area contributed by atoms with Crippen LogP contribution >= 0.6 is 0 Å². The third-order valence-electron chi connectivity index (χ3n) is 1.39. The Morgan fingerprint density at radius 1 is 1.33 bits per heavy atom. The highest BCUT2D eigenvalue weighted by molar-refractivity contribution is 5.81. The zero-order valence-electron chi connectivity index (χ0n) is 7.78. The Bertz CT molecular complexity index is 349. The molecule has 1 aromatic rings. The van der Waals surface area contributed by atoms with E-state index in [0.29, 0.717) is 0 Å². The molecule has 0 aliphatic heterocycles. The molecule has 5 N–H and O–H groups in total. The van der Waals surface area contributed by atoms with Crippen LogP contribution in [0.3, 0.4) is 0 Å². The van der Waals surface area contributed by atoms with Gasteiger partial charge >= 0.3 is 0 Å². The van der Waals surface area contributed by atoms with Gasteiger partial charge in [0.05, 0.1) is 6.21 Å². The van der Waals surface area contributed by atoms with Gasteiger partial charge in [0.25, 0.3) is 0 Å². The summed E-state index contributed by atoms with van der Waals surface area (Å²) < 4.78 is 0. The summed E-state index contributed by atoms with van der Waals surface area (Å²) in [7, 11) is 0. The standard InChI is InChI=1S/C8H11N5O2/c9-8(12-13(14)15)11-10-6-7-4-2-1-3-5-7/h1-6,14-15H,(H3,9,11,12). The van der Waals surface area contributed by atoms with Crippen LogP contribution in [0.4, 0.5) is 0 Å². The van der Waals surface area contributed by atoms with Crippen LogP contribution in [0.2, 0.25) is 0 Å². The molecule has 7 nitrogen and oxygen atoms in total. The van der Waals surface area contributed by atoms with Gasteiger partial charge in [0.15, 0.2) is 0 Å². The van der Waals surface area contributed by atoms with E-state index in [2.05, 4.69) is 10.2 Å². The lowest BCUT2D eigenvalue weighted by Crippen LogP contribution is -2.41. The van der Waals surface area contributed by atoms with Crippen molar-refractivity contribution in [1.29, 1.82) is 0 Å². The van der Waals surface area contributed by atoms with Gasteiger partial charge in [0, 0.05) is 5.34 Å². The summed E-state index contributed by atoms with van der Waals surface area (Å²) in [4.78, 5) is 0. The van der Waals surface area contributed by atoms with Gasteiger partial charge in [-0.2, -0.15) is 5.10 Å². The minimum absolute atomic E-state index is 0.243. The number of nitrogens with one attached hydrogen (secondary N) is 1. The summed E-state index contributed by atoms with van der Waals surface area (Å²) in [6.07, 6.45) is 1.48. The molecule has 0 heterocycles. The van der Waals surface area contributed by atoms with Crippen LogP contribution in [0.1, 0.15) is 5.56 Å². The van der Waals surface area contributed by atoms with Crippen LogP contribution in [0.5, 0.6) is 0 Å². The molecule has 0 fully saturated rings. The van der Waals surface area contributed by atoms with E-state index in [1.54, 1.807) is 0 Å². The third-order valence-corrected chi connectivity index (χ3v) is 1.39. The molecule has 0 spiro atoms. The van der Waals surface area contributed by atoms with Crippen LogP contribution in [-0.2, 0) is 0 Å². The van der Waals surface area contributed by atoms with Crippen molar-refractivity contribution >= 4 is 12.2 Å². The van der Waals surface area contributed by atoms with Crippen LogP contribution in [0, 0.1) is 0 Å². The van der Waals surface area contributed by atoms with Crippen molar-refractivity contribution in [2.24, 2.45) is 15.9 Å². The highest BCUT2D eigenvalue weighted by Crippen LogP contribution is 1.93. The lowest BCUT2D eigenvalue weighted by molar-refractivity contribution is -0.329. The van der Waals surface area contributed by atoms with Gasteiger partial charge in [-0.15, -0.1) is 5.10 Å². The molecule has 0 saturated heterocycles. The topological polar surface area (TPSA) is 106 Å². The van der Waals surface area contributed by atoms with E-state index >= 15 is 0 Å². The first-order chi connectivity index (χ1) is 7.18. The highest BCUT2D eigenvalue weighted by Gasteiger charge is 1.93. The molecular weight excluding hydrogens is 198 g/mol. The average molecular weight is 209 g/mol. The maximum absolute atomic E-state index is 8.30. The molecule has 1 aromatic carbocycles. The van der Waals surface area contributed by atoms with Gasteiger partial charge in [-0.1, -0.05) is 30.3 Å². The largest absolute Gasteiger partial charge is 0.367 e. The summed E-state index contributed by atoms with van der Waals surface area (Å²) in [6, 6.07) is 9.28. The van der Waals surface area contributed by atoms with E-state index in [4.69, 9.17) is 16.1 Å². The van der Waals surface area contributed by atoms with Crippen LogP contribution in [0.15, 0.2) is 40.5 Å². The number of nitrogens with two attached hydrogens (primary N) is 1. The van der Waals surface area contributed by atoms with E-state index in [9.17, 15) is 0 Å². The molecule has 7 heteroatoms. The van der Waals surface area contributed by atoms with Crippen molar-refractivity contribution in [2.45, 2.75) is 0 Å². The van der Waals surface area contributed by atoms with Gasteiger partial charge in [-0.3, -0.25) is 10.4 Å². The second kappa shape index (κ2) is 5.70. The average Bonchev–Trinajstić information content (AvgIpc) is 2.18. The molecule has 15 heavy (non-hydrogen) atoms. The van der Waals surface area contributed by atoms with Crippen LogP contribution in [0.25, 0.3) is 0 Å². The minimum Gasteiger partial charge on any atom is -0.367 e. The van der Waals surface area contributed by atoms with E-state index in [0.717, 1.165) is 5.56 Å². The molecule has 0 aliphatic rings. The summed E-state index contributed by atoms with van der Waals surface area (Å²) in [5.74, 6) is -0.243. The summed E-state index contributed by atoms with van der Waals surface area (Å²) >= 11 is 0. The lowest BCUT2D eigenvalue weighted by atomic mass is 10.2. The predicted octanol–water partition coefficient (Wildman–Crippen LogP) is -0.0798. The Labute approximate surface area is 86.0 Å². The molecule has 0 atom stereocenters. The maximum atomic E-state index is 8.30. The van der Waals surface area contributed by atoms with E-state index in [-0.39, 0.29) is 11.3 Å². The third kappa shape index (κ3) is 4.72. The van der Waals surface area contributed by atoms with Crippen molar-refractivity contribution in [3.8, 4) is 0 Å². The monoisotopic (exact) mass is 209 g/mol. The second-order valence-corrected chi connectivity index (χ2v) is 2.54. The Morgan fingerprint density at radius 3 is 2.60 bits per heavy atom. The minimum atomic E-state index is -0.309. The van der Waals surface area contributed by atoms with Crippen molar-refractivity contribution < 1.29 is 10.4 Å². The van der Waals surface area contributed by atoms with Crippen molar-refractivity contribution in [1.82, 2.24) is 10.8 Å². The number of rotatable bonds is 3. The Morgan fingerprint density at radius 2 is 2.00 bits per heavy atom. The summed E-state index contributed by atoms with van der Waals surface area (Å²) in [5.41, 5.74) is 7.95. The number of nitrogens with zero attached hydrogens (tertiary/aromatic N) is 3. The molecule has 0 aliphatic carbocycles. The molecule has 0 aromatic heterocycles. The smallest absolute Gasteiger partial charge is 0.232 e. The van der Waals surface area contributed by atoms with E-state index in [1.165, 1.54) is 6.21 Å². The molecule has 1 rings (SSSR count). The Kier molecular flexibility index (Phi) is 4.23. The molecule has 80 valence electrons. The van der Waals surface area contributed by atoms with Crippen molar-refractivity contribution in [2.75, 3.05) is 0 Å². The van der Waals surface area contributed by atoms with Gasteiger partial charge in [-0.25, -0.2) is 5.43 Å². The first-order valence-electron chi connectivity index (χ1n) is 4.04. The lowest BCUT2D eigenvalue weighted by Gasteiger charge is -2.05. The van der Waals surface area contributed by atoms with Gasteiger partial charge < -0.3 is 5.73 Å². The van der Waals surface area contributed by atoms with Crippen molar-refractivity contribution in [3.63, 3.8) is 0 Å². The zero-order chi connectivity index (χ0) is 11.1.